The maximum Gasteiger partial charge on any atom is 0.241 e. The molecule has 2 N–H and O–H groups in total. The summed E-state index contributed by atoms with van der Waals surface area (Å²) in [6.45, 7) is 7.53. The molecule has 0 amide bonds. The van der Waals surface area contributed by atoms with Gasteiger partial charge in [0.1, 0.15) is 0 Å². The molecule has 1 rings (SSSR count). The van der Waals surface area contributed by atoms with Crippen molar-refractivity contribution in [3.05, 3.63) is 27.7 Å². The van der Waals surface area contributed by atoms with Crippen LogP contribution in [0.3, 0.4) is 0 Å². The fourth-order valence-corrected chi connectivity index (χ4v) is 4.96. The zero-order chi connectivity index (χ0) is 16.3. The highest BCUT2D eigenvalue weighted by Crippen LogP contribution is 2.28. The number of aliphatic hydroxyl groups excluding tert-OH is 1. The van der Waals surface area contributed by atoms with Crippen LogP contribution >= 0.6 is 15.9 Å². The predicted molar refractivity (Wildman–Crippen MR) is 88.7 cm³/mol. The molecule has 0 spiro atoms. The third kappa shape index (κ3) is 4.06. The largest absolute Gasteiger partial charge is 0.392 e. The SMILES string of the molecule is CCC(CC)(CC)NS(=O)(=O)c1cc(CO)cc(Br)c1C. The number of aliphatic hydroxyl groups is 1. The van der Waals surface area contributed by atoms with Crippen LogP contribution in [0.25, 0.3) is 0 Å². The Morgan fingerprint density at radius 3 is 2.14 bits per heavy atom. The summed E-state index contributed by atoms with van der Waals surface area (Å²) in [6, 6.07) is 3.27. The Kier molecular flexibility index (Phi) is 6.40. The van der Waals surface area contributed by atoms with Gasteiger partial charge in [-0.15, -0.1) is 0 Å². The minimum absolute atomic E-state index is 0.193. The van der Waals surface area contributed by atoms with Crippen LogP contribution in [0.2, 0.25) is 0 Å². The van der Waals surface area contributed by atoms with Gasteiger partial charge in [0, 0.05) is 10.0 Å². The highest BCUT2D eigenvalue weighted by Gasteiger charge is 2.31. The van der Waals surface area contributed by atoms with Crippen LogP contribution in [-0.4, -0.2) is 19.1 Å². The second kappa shape index (κ2) is 7.22. The van der Waals surface area contributed by atoms with Gasteiger partial charge >= 0.3 is 0 Å². The zero-order valence-corrected chi connectivity index (χ0v) is 15.4. The average Bonchev–Trinajstić information content (AvgIpc) is 2.47. The molecule has 0 aliphatic carbocycles. The van der Waals surface area contributed by atoms with Crippen molar-refractivity contribution in [2.45, 2.75) is 64.0 Å². The molecule has 0 aliphatic heterocycles. The standard InChI is InChI=1S/C15H24BrNO3S/c1-5-15(6-2,7-3)17-21(19,20)14-9-12(10-18)8-13(16)11(14)4/h8-9,17-18H,5-7,10H2,1-4H3. The molecule has 0 atom stereocenters. The molecule has 0 bridgehead atoms. The second-order valence-electron chi connectivity index (χ2n) is 5.31. The Balaban J connectivity index is 3.34. The van der Waals surface area contributed by atoms with E-state index >= 15 is 0 Å². The minimum atomic E-state index is -3.63. The Labute approximate surface area is 136 Å². The number of hydrogen-bond donors (Lipinski definition) is 2. The molecule has 0 radical (unpaired) electrons. The van der Waals surface area contributed by atoms with Crippen LogP contribution in [0.5, 0.6) is 0 Å². The predicted octanol–water partition coefficient (Wildman–Crippen LogP) is 3.50. The first-order valence-corrected chi connectivity index (χ1v) is 9.46. The molecule has 0 aliphatic rings. The van der Waals surface area contributed by atoms with E-state index < -0.39 is 15.6 Å². The summed E-state index contributed by atoms with van der Waals surface area (Å²) in [5, 5.41) is 9.28. The lowest BCUT2D eigenvalue weighted by molar-refractivity contribution is 0.281. The summed E-state index contributed by atoms with van der Waals surface area (Å²) in [5.41, 5.74) is 0.798. The number of nitrogens with one attached hydrogen (secondary N) is 1. The van der Waals surface area contributed by atoms with E-state index in [9.17, 15) is 13.5 Å². The summed E-state index contributed by atoms with van der Waals surface area (Å²) in [6.07, 6.45) is 2.21. The molecule has 0 saturated carbocycles. The molecule has 4 nitrogen and oxygen atoms in total. The summed E-state index contributed by atoms with van der Waals surface area (Å²) in [5.74, 6) is 0. The lowest BCUT2D eigenvalue weighted by atomic mass is 9.91. The lowest BCUT2D eigenvalue weighted by Crippen LogP contribution is -2.47. The zero-order valence-electron chi connectivity index (χ0n) is 13.0. The van der Waals surface area contributed by atoms with Crippen molar-refractivity contribution in [3.8, 4) is 0 Å². The van der Waals surface area contributed by atoms with Crippen molar-refractivity contribution in [2.75, 3.05) is 0 Å². The van der Waals surface area contributed by atoms with Crippen molar-refractivity contribution in [3.63, 3.8) is 0 Å². The van der Waals surface area contributed by atoms with Gasteiger partial charge < -0.3 is 5.11 Å². The summed E-state index contributed by atoms with van der Waals surface area (Å²) < 4.78 is 29.1. The smallest absolute Gasteiger partial charge is 0.241 e. The van der Waals surface area contributed by atoms with Gasteiger partial charge in [0.15, 0.2) is 0 Å². The van der Waals surface area contributed by atoms with Crippen LogP contribution in [0.1, 0.15) is 51.2 Å². The maximum atomic E-state index is 12.8. The van der Waals surface area contributed by atoms with Crippen LogP contribution in [0.4, 0.5) is 0 Å². The molecule has 21 heavy (non-hydrogen) atoms. The topological polar surface area (TPSA) is 66.4 Å². The maximum absolute atomic E-state index is 12.8. The third-order valence-corrected chi connectivity index (χ3v) is 6.74. The monoisotopic (exact) mass is 377 g/mol. The molecule has 1 aromatic carbocycles. The Morgan fingerprint density at radius 2 is 1.71 bits per heavy atom. The van der Waals surface area contributed by atoms with Crippen molar-refractivity contribution < 1.29 is 13.5 Å². The second-order valence-corrected chi connectivity index (χ2v) is 7.81. The molecular formula is C15H24BrNO3S. The molecule has 0 aromatic heterocycles. The molecule has 0 heterocycles. The molecule has 0 fully saturated rings. The average molecular weight is 378 g/mol. The van der Waals surface area contributed by atoms with E-state index in [1.54, 1.807) is 13.0 Å². The van der Waals surface area contributed by atoms with E-state index in [0.717, 1.165) is 19.3 Å². The van der Waals surface area contributed by atoms with Gasteiger partial charge in [-0.25, -0.2) is 13.1 Å². The van der Waals surface area contributed by atoms with Crippen molar-refractivity contribution >= 4 is 26.0 Å². The van der Waals surface area contributed by atoms with Crippen LogP contribution < -0.4 is 4.72 Å². The van der Waals surface area contributed by atoms with Gasteiger partial charge in [0.2, 0.25) is 10.0 Å². The summed E-state index contributed by atoms with van der Waals surface area (Å²) in [7, 11) is -3.63. The number of rotatable bonds is 7. The molecular weight excluding hydrogens is 354 g/mol. The highest BCUT2D eigenvalue weighted by atomic mass is 79.9. The van der Waals surface area contributed by atoms with E-state index in [0.29, 0.717) is 15.6 Å². The Bertz CT molecular complexity index is 587. The van der Waals surface area contributed by atoms with E-state index in [-0.39, 0.29) is 11.5 Å². The molecule has 0 saturated heterocycles. The highest BCUT2D eigenvalue weighted by molar-refractivity contribution is 9.10. The first kappa shape index (κ1) is 18.6. The Hall–Kier alpha value is -0.430. The molecule has 120 valence electrons. The quantitative estimate of drug-likeness (QED) is 0.763. The van der Waals surface area contributed by atoms with E-state index in [1.807, 2.05) is 20.8 Å². The number of halogens is 1. The van der Waals surface area contributed by atoms with Gasteiger partial charge in [-0.05, 0) is 49.4 Å². The fraction of sp³-hybridized carbons (Fsp3) is 0.600. The number of benzene rings is 1. The van der Waals surface area contributed by atoms with Gasteiger partial charge in [0.25, 0.3) is 0 Å². The van der Waals surface area contributed by atoms with Gasteiger partial charge in [-0.2, -0.15) is 0 Å². The molecule has 1 aromatic rings. The van der Waals surface area contributed by atoms with Gasteiger partial charge in [0.05, 0.1) is 11.5 Å². The first-order valence-electron chi connectivity index (χ1n) is 7.19. The van der Waals surface area contributed by atoms with E-state index in [4.69, 9.17) is 0 Å². The van der Waals surface area contributed by atoms with E-state index in [2.05, 4.69) is 20.7 Å². The lowest BCUT2D eigenvalue weighted by Gasteiger charge is -2.31. The van der Waals surface area contributed by atoms with Gasteiger partial charge in [-0.3, -0.25) is 0 Å². The van der Waals surface area contributed by atoms with Crippen molar-refractivity contribution in [2.24, 2.45) is 0 Å². The van der Waals surface area contributed by atoms with E-state index in [1.165, 1.54) is 6.07 Å². The molecule has 0 unspecified atom stereocenters. The fourth-order valence-electron chi connectivity index (χ4n) is 2.38. The summed E-state index contributed by atoms with van der Waals surface area (Å²) in [4.78, 5) is 0.223. The van der Waals surface area contributed by atoms with Gasteiger partial charge in [-0.1, -0.05) is 36.7 Å². The van der Waals surface area contributed by atoms with Crippen LogP contribution in [0.15, 0.2) is 21.5 Å². The van der Waals surface area contributed by atoms with Crippen LogP contribution in [-0.2, 0) is 16.6 Å². The first-order chi connectivity index (χ1) is 9.75. The van der Waals surface area contributed by atoms with Crippen molar-refractivity contribution in [1.82, 2.24) is 4.72 Å². The normalized spacial score (nSPS) is 12.7. The molecule has 6 heteroatoms. The van der Waals surface area contributed by atoms with Crippen molar-refractivity contribution in [1.29, 1.82) is 0 Å². The Morgan fingerprint density at radius 1 is 1.19 bits per heavy atom. The number of hydrogen-bond acceptors (Lipinski definition) is 3. The summed E-state index contributed by atoms with van der Waals surface area (Å²) >= 11 is 3.36. The number of sulfonamides is 1. The van der Waals surface area contributed by atoms with Crippen LogP contribution in [0, 0.1) is 6.92 Å². The third-order valence-electron chi connectivity index (χ3n) is 4.21. The minimum Gasteiger partial charge on any atom is -0.392 e.